The second-order valence-corrected chi connectivity index (χ2v) is 6.38. The lowest BCUT2D eigenvalue weighted by Crippen LogP contribution is -2.35. The molecular formula is C16H25ClN4. The van der Waals surface area contributed by atoms with Gasteiger partial charge in [-0.2, -0.15) is 15.0 Å². The number of hydrogen-bond acceptors (Lipinski definition) is 3. The molecule has 2 aromatic rings. The van der Waals surface area contributed by atoms with Crippen LogP contribution in [0.25, 0.3) is 11.3 Å². The maximum atomic E-state index is 4.65. The summed E-state index contributed by atoms with van der Waals surface area (Å²) in [4.78, 5) is 1.79. The van der Waals surface area contributed by atoms with Crippen LogP contribution in [0.3, 0.4) is 0 Å². The third-order valence-electron chi connectivity index (χ3n) is 2.99. The average Bonchev–Trinajstić information content (AvgIpc) is 2.81. The van der Waals surface area contributed by atoms with Crippen LogP contribution in [0.5, 0.6) is 0 Å². The van der Waals surface area contributed by atoms with Crippen LogP contribution in [0, 0.1) is 0 Å². The van der Waals surface area contributed by atoms with E-state index in [0.29, 0.717) is 0 Å². The zero-order chi connectivity index (χ0) is 14.8. The summed E-state index contributed by atoms with van der Waals surface area (Å²) in [5.41, 5.74) is 3.15. The normalized spacial score (nSPS) is 11.5. The molecule has 0 bridgehead atoms. The van der Waals surface area contributed by atoms with E-state index in [-0.39, 0.29) is 24.0 Å². The number of hydrogen-bond donors (Lipinski definition) is 1. The Morgan fingerprint density at radius 1 is 1.10 bits per heavy atom. The highest BCUT2D eigenvalue weighted by Gasteiger charge is 2.17. The highest BCUT2D eigenvalue weighted by Crippen LogP contribution is 2.21. The Bertz CT molecular complexity index is 555. The lowest BCUT2D eigenvalue weighted by molar-refractivity contribution is 0.414. The largest absolute Gasteiger partial charge is 0.306 e. The number of benzene rings is 1. The Morgan fingerprint density at radius 3 is 2.24 bits per heavy atom. The monoisotopic (exact) mass is 308 g/mol. The maximum absolute atomic E-state index is 4.65. The molecule has 0 radical (unpaired) electrons. The molecule has 0 aliphatic carbocycles. The van der Waals surface area contributed by atoms with Gasteiger partial charge in [0.1, 0.15) is 11.4 Å². The third kappa shape index (κ3) is 4.83. The Balaban J connectivity index is 0.00000220. The molecular weight excluding hydrogens is 284 g/mol. The van der Waals surface area contributed by atoms with E-state index in [2.05, 4.69) is 62.3 Å². The zero-order valence-electron chi connectivity index (χ0n) is 13.4. The van der Waals surface area contributed by atoms with Crippen LogP contribution in [0.15, 0.2) is 30.3 Å². The molecule has 2 rings (SSSR count). The summed E-state index contributed by atoms with van der Waals surface area (Å²) in [6, 6.07) is 10.5. The van der Waals surface area contributed by atoms with Crippen LogP contribution >= 0.6 is 12.4 Å². The molecule has 0 saturated carbocycles. The summed E-state index contributed by atoms with van der Waals surface area (Å²) in [5.74, 6) is 0. The SMILES string of the molecule is CC(C)n1nc(CNC(C)(C)C)c(-c2ccccc2)n1.Cl. The van der Waals surface area contributed by atoms with Gasteiger partial charge in [-0.25, -0.2) is 0 Å². The summed E-state index contributed by atoms with van der Waals surface area (Å²) in [7, 11) is 0. The summed E-state index contributed by atoms with van der Waals surface area (Å²) < 4.78 is 0. The molecule has 0 amide bonds. The standard InChI is InChI=1S/C16H24N4.ClH/c1-12(2)20-18-14(11-17-16(3,4)5)15(19-20)13-9-7-6-8-10-13;/h6-10,12,17H,11H2,1-5H3;1H. The van der Waals surface area contributed by atoms with E-state index in [9.17, 15) is 0 Å². The Morgan fingerprint density at radius 2 is 1.71 bits per heavy atom. The molecule has 1 aromatic carbocycles. The van der Waals surface area contributed by atoms with Crippen LogP contribution in [-0.2, 0) is 6.54 Å². The van der Waals surface area contributed by atoms with Gasteiger partial charge in [0.25, 0.3) is 0 Å². The van der Waals surface area contributed by atoms with Crippen molar-refractivity contribution in [3.05, 3.63) is 36.0 Å². The zero-order valence-corrected chi connectivity index (χ0v) is 14.2. The minimum absolute atomic E-state index is 0. The lowest BCUT2D eigenvalue weighted by atomic mass is 10.1. The predicted molar refractivity (Wildman–Crippen MR) is 89.7 cm³/mol. The molecule has 1 aromatic heterocycles. The van der Waals surface area contributed by atoms with E-state index in [1.165, 1.54) is 0 Å². The summed E-state index contributed by atoms with van der Waals surface area (Å²) in [5, 5.41) is 12.8. The third-order valence-corrected chi connectivity index (χ3v) is 2.99. The summed E-state index contributed by atoms with van der Waals surface area (Å²) >= 11 is 0. The minimum atomic E-state index is 0. The summed E-state index contributed by atoms with van der Waals surface area (Å²) in [6.07, 6.45) is 0. The van der Waals surface area contributed by atoms with E-state index in [4.69, 9.17) is 0 Å². The fourth-order valence-corrected chi connectivity index (χ4v) is 1.87. The molecule has 4 nitrogen and oxygen atoms in total. The first-order chi connectivity index (χ1) is 9.37. The Hall–Kier alpha value is -1.39. The van der Waals surface area contributed by atoms with Gasteiger partial charge in [0.15, 0.2) is 0 Å². The van der Waals surface area contributed by atoms with Crippen molar-refractivity contribution in [2.75, 3.05) is 0 Å². The molecule has 1 N–H and O–H groups in total. The van der Waals surface area contributed by atoms with E-state index in [0.717, 1.165) is 23.5 Å². The fraction of sp³-hybridized carbons (Fsp3) is 0.500. The number of halogens is 1. The second kappa shape index (κ2) is 7.05. The van der Waals surface area contributed by atoms with Crippen molar-refractivity contribution in [1.82, 2.24) is 20.3 Å². The fourth-order valence-electron chi connectivity index (χ4n) is 1.87. The van der Waals surface area contributed by atoms with Gasteiger partial charge in [-0.1, -0.05) is 30.3 Å². The van der Waals surface area contributed by atoms with Crippen molar-refractivity contribution in [3.63, 3.8) is 0 Å². The van der Waals surface area contributed by atoms with E-state index < -0.39 is 0 Å². The maximum Gasteiger partial charge on any atom is 0.117 e. The molecule has 0 atom stereocenters. The molecule has 0 aliphatic heterocycles. The van der Waals surface area contributed by atoms with Gasteiger partial charge >= 0.3 is 0 Å². The van der Waals surface area contributed by atoms with Crippen LogP contribution in [0.4, 0.5) is 0 Å². The Kier molecular flexibility index (Phi) is 5.93. The van der Waals surface area contributed by atoms with Gasteiger partial charge in [-0.05, 0) is 34.6 Å². The molecule has 0 aliphatic rings. The number of aromatic nitrogens is 3. The van der Waals surface area contributed by atoms with Gasteiger partial charge in [0, 0.05) is 17.6 Å². The molecule has 0 spiro atoms. The van der Waals surface area contributed by atoms with Gasteiger partial charge in [-0.15, -0.1) is 12.4 Å². The van der Waals surface area contributed by atoms with Crippen molar-refractivity contribution in [2.45, 2.75) is 52.7 Å². The van der Waals surface area contributed by atoms with Crippen LogP contribution in [-0.4, -0.2) is 20.5 Å². The smallest absolute Gasteiger partial charge is 0.117 e. The van der Waals surface area contributed by atoms with Crippen LogP contribution < -0.4 is 5.32 Å². The summed E-state index contributed by atoms with van der Waals surface area (Å²) in [6.45, 7) is 11.4. The van der Waals surface area contributed by atoms with E-state index >= 15 is 0 Å². The van der Waals surface area contributed by atoms with Gasteiger partial charge < -0.3 is 5.32 Å². The number of nitrogens with one attached hydrogen (secondary N) is 1. The topological polar surface area (TPSA) is 42.7 Å². The van der Waals surface area contributed by atoms with Crippen molar-refractivity contribution >= 4 is 12.4 Å². The van der Waals surface area contributed by atoms with Crippen LogP contribution in [0.1, 0.15) is 46.4 Å². The average molecular weight is 309 g/mol. The van der Waals surface area contributed by atoms with Crippen molar-refractivity contribution < 1.29 is 0 Å². The lowest BCUT2D eigenvalue weighted by Gasteiger charge is -2.19. The number of nitrogens with zero attached hydrogens (tertiary/aromatic N) is 3. The second-order valence-electron chi connectivity index (χ2n) is 6.38. The van der Waals surface area contributed by atoms with E-state index in [1.54, 1.807) is 4.80 Å². The first-order valence-electron chi connectivity index (χ1n) is 7.13. The molecule has 0 unspecified atom stereocenters. The quantitative estimate of drug-likeness (QED) is 0.933. The van der Waals surface area contributed by atoms with Crippen molar-refractivity contribution in [2.24, 2.45) is 0 Å². The van der Waals surface area contributed by atoms with Crippen molar-refractivity contribution in [3.8, 4) is 11.3 Å². The molecule has 0 fully saturated rings. The predicted octanol–water partition coefficient (Wildman–Crippen LogP) is 3.84. The molecule has 1 heterocycles. The Labute approximate surface area is 133 Å². The molecule has 21 heavy (non-hydrogen) atoms. The number of rotatable bonds is 4. The highest BCUT2D eigenvalue weighted by molar-refractivity contribution is 5.85. The van der Waals surface area contributed by atoms with Crippen LogP contribution in [0.2, 0.25) is 0 Å². The van der Waals surface area contributed by atoms with Gasteiger partial charge in [0.05, 0.1) is 6.04 Å². The van der Waals surface area contributed by atoms with Gasteiger partial charge in [-0.3, -0.25) is 0 Å². The molecule has 0 saturated heterocycles. The first-order valence-corrected chi connectivity index (χ1v) is 7.13. The van der Waals surface area contributed by atoms with Gasteiger partial charge in [0.2, 0.25) is 0 Å². The first kappa shape index (κ1) is 17.7. The van der Waals surface area contributed by atoms with Crippen molar-refractivity contribution in [1.29, 1.82) is 0 Å². The molecule has 5 heteroatoms. The minimum Gasteiger partial charge on any atom is -0.306 e. The van der Waals surface area contributed by atoms with E-state index in [1.807, 2.05) is 18.2 Å². The molecule has 116 valence electrons. The highest BCUT2D eigenvalue weighted by atomic mass is 35.5.